The zero-order valence-corrected chi connectivity index (χ0v) is 10.8. The molecule has 19 heavy (non-hydrogen) atoms. The summed E-state index contributed by atoms with van der Waals surface area (Å²) in [7, 11) is 0. The van der Waals surface area contributed by atoms with Gasteiger partial charge in [-0.2, -0.15) is 0 Å². The molecule has 0 aromatic rings. The number of rotatable bonds is 5. The topological polar surface area (TPSA) is 117 Å². The Bertz CT molecular complexity index is 352. The lowest BCUT2D eigenvalue weighted by Gasteiger charge is -2.34. The predicted molar refractivity (Wildman–Crippen MR) is 65.6 cm³/mol. The number of ether oxygens (including phenoxy) is 1. The lowest BCUT2D eigenvalue weighted by atomic mass is 9.93. The third kappa shape index (κ3) is 6.05. The molecule has 0 aromatic carbocycles. The first kappa shape index (κ1) is 15.2. The Morgan fingerprint density at radius 1 is 1.16 bits per heavy atom. The highest BCUT2D eigenvalue weighted by Crippen LogP contribution is 2.19. The van der Waals surface area contributed by atoms with E-state index >= 15 is 0 Å². The van der Waals surface area contributed by atoms with E-state index < -0.39 is 24.5 Å². The van der Waals surface area contributed by atoms with Gasteiger partial charge in [-0.15, -0.1) is 0 Å². The minimum atomic E-state index is -1.13. The van der Waals surface area contributed by atoms with Crippen LogP contribution in [-0.2, 0) is 14.3 Å². The number of aliphatic carboxylic acids is 1. The number of urea groups is 1. The van der Waals surface area contributed by atoms with Gasteiger partial charge in [0, 0.05) is 18.8 Å². The number of amides is 3. The second-order valence-electron chi connectivity index (χ2n) is 4.65. The van der Waals surface area contributed by atoms with E-state index in [-0.39, 0.29) is 12.1 Å². The Kier molecular flexibility index (Phi) is 5.56. The third-order valence-corrected chi connectivity index (χ3v) is 2.86. The highest BCUT2D eigenvalue weighted by Gasteiger charge is 2.28. The summed E-state index contributed by atoms with van der Waals surface area (Å²) in [6, 6.07) is -0.449. The fourth-order valence-electron chi connectivity index (χ4n) is 1.66. The SMILES string of the molecule is CC1(NC(=O)NCC(=O)NCC(=O)O)CCOCC1. The van der Waals surface area contributed by atoms with Crippen LogP contribution in [-0.4, -0.2) is 54.9 Å². The minimum absolute atomic E-state index is 0.258. The Morgan fingerprint density at radius 2 is 1.79 bits per heavy atom. The van der Waals surface area contributed by atoms with Gasteiger partial charge < -0.3 is 25.8 Å². The molecular weight excluding hydrogens is 254 g/mol. The number of hydrogen-bond acceptors (Lipinski definition) is 4. The van der Waals surface area contributed by atoms with Crippen LogP contribution >= 0.6 is 0 Å². The molecule has 0 radical (unpaired) electrons. The summed E-state index contributed by atoms with van der Waals surface area (Å²) in [4.78, 5) is 33.0. The highest BCUT2D eigenvalue weighted by molar-refractivity contribution is 5.86. The number of carbonyl (C=O) groups excluding carboxylic acids is 2. The Hall–Kier alpha value is -1.83. The maximum absolute atomic E-state index is 11.6. The number of hydrogen-bond donors (Lipinski definition) is 4. The van der Waals surface area contributed by atoms with Crippen LogP contribution in [0.3, 0.4) is 0 Å². The summed E-state index contributed by atoms with van der Waals surface area (Å²) in [5.41, 5.74) is -0.333. The van der Waals surface area contributed by atoms with Crippen molar-refractivity contribution >= 4 is 17.9 Å². The summed E-state index contributed by atoms with van der Waals surface area (Å²) in [6.07, 6.45) is 1.43. The number of carboxylic acid groups (broad SMARTS) is 1. The summed E-state index contributed by atoms with van der Waals surface area (Å²) in [5, 5.41) is 15.7. The van der Waals surface area contributed by atoms with Crippen LogP contribution < -0.4 is 16.0 Å². The molecule has 1 fully saturated rings. The molecule has 1 heterocycles. The van der Waals surface area contributed by atoms with Gasteiger partial charge in [-0.25, -0.2) is 4.79 Å². The maximum atomic E-state index is 11.6. The van der Waals surface area contributed by atoms with Crippen molar-refractivity contribution in [1.82, 2.24) is 16.0 Å². The fourth-order valence-corrected chi connectivity index (χ4v) is 1.66. The van der Waals surface area contributed by atoms with Gasteiger partial charge in [0.2, 0.25) is 5.91 Å². The predicted octanol–water partition coefficient (Wildman–Crippen LogP) is -0.944. The molecule has 0 saturated carbocycles. The van der Waals surface area contributed by atoms with Crippen LogP contribution in [0.5, 0.6) is 0 Å². The average molecular weight is 273 g/mol. The standard InChI is InChI=1S/C11H19N3O5/c1-11(2-4-19-5-3-11)14-10(18)13-6-8(15)12-7-9(16)17/h2-7H2,1H3,(H,12,15)(H,16,17)(H2,13,14,18). The van der Waals surface area contributed by atoms with Crippen molar-refractivity contribution in [2.45, 2.75) is 25.3 Å². The quantitative estimate of drug-likeness (QED) is 0.515. The van der Waals surface area contributed by atoms with Gasteiger partial charge in [-0.3, -0.25) is 9.59 Å². The summed E-state index contributed by atoms with van der Waals surface area (Å²) >= 11 is 0. The van der Waals surface area contributed by atoms with E-state index in [0.717, 1.165) is 0 Å². The van der Waals surface area contributed by atoms with Crippen molar-refractivity contribution in [3.63, 3.8) is 0 Å². The molecule has 1 saturated heterocycles. The van der Waals surface area contributed by atoms with Crippen molar-refractivity contribution < 1.29 is 24.2 Å². The summed E-state index contributed by atoms with van der Waals surface area (Å²) in [6.45, 7) is 2.38. The van der Waals surface area contributed by atoms with Gasteiger partial charge in [0.25, 0.3) is 0 Å². The van der Waals surface area contributed by atoms with Crippen molar-refractivity contribution in [3.05, 3.63) is 0 Å². The number of nitrogens with one attached hydrogen (secondary N) is 3. The van der Waals surface area contributed by atoms with Gasteiger partial charge in [0.1, 0.15) is 6.54 Å². The molecule has 4 N–H and O–H groups in total. The van der Waals surface area contributed by atoms with E-state index in [1.807, 2.05) is 6.92 Å². The number of carboxylic acids is 1. The molecule has 1 aliphatic rings. The highest BCUT2D eigenvalue weighted by atomic mass is 16.5. The molecule has 8 nitrogen and oxygen atoms in total. The normalized spacial score (nSPS) is 17.3. The minimum Gasteiger partial charge on any atom is -0.480 e. The zero-order valence-electron chi connectivity index (χ0n) is 10.8. The molecule has 8 heteroatoms. The smallest absolute Gasteiger partial charge is 0.322 e. The number of carbonyl (C=O) groups is 3. The van der Waals surface area contributed by atoms with E-state index in [1.54, 1.807) is 0 Å². The largest absolute Gasteiger partial charge is 0.480 e. The molecule has 0 atom stereocenters. The lowest BCUT2D eigenvalue weighted by Crippen LogP contribution is -2.54. The summed E-state index contributed by atoms with van der Waals surface area (Å²) < 4.78 is 5.21. The van der Waals surface area contributed by atoms with Gasteiger partial charge >= 0.3 is 12.0 Å². The Labute approximate surface area is 110 Å². The van der Waals surface area contributed by atoms with Gasteiger partial charge in [0.15, 0.2) is 0 Å². The van der Waals surface area contributed by atoms with E-state index in [2.05, 4.69) is 16.0 Å². The van der Waals surface area contributed by atoms with E-state index in [4.69, 9.17) is 9.84 Å². The van der Waals surface area contributed by atoms with Gasteiger partial charge in [-0.1, -0.05) is 0 Å². The monoisotopic (exact) mass is 273 g/mol. The van der Waals surface area contributed by atoms with Crippen LogP contribution in [0.1, 0.15) is 19.8 Å². The molecule has 0 aliphatic carbocycles. The Balaban J connectivity index is 2.23. The molecule has 1 aliphatic heterocycles. The molecule has 0 bridgehead atoms. The zero-order chi connectivity index (χ0) is 14.3. The van der Waals surface area contributed by atoms with Crippen molar-refractivity contribution in [3.8, 4) is 0 Å². The maximum Gasteiger partial charge on any atom is 0.322 e. The second-order valence-corrected chi connectivity index (χ2v) is 4.65. The van der Waals surface area contributed by atoms with Crippen molar-refractivity contribution in [1.29, 1.82) is 0 Å². The van der Waals surface area contributed by atoms with Crippen molar-refractivity contribution in [2.75, 3.05) is 26.3 Å². The Morgan fingerprint density at radius 3 is 2.37 bits per heavy atom. The second kappa shape index (κ2) is 6.93. The third-order valence-electron chi connectivity index (χ3n) is 2.86. The van der Waals surface area contributed by atoms with E-state index in [1.165, 1.54) is 0 Å². The fraction of sp³-hybridized carbons (Fsp3) is 0.727. The first-order valence-corrected chi connectivity index (χ1v) is 6.03. The molecule has 1 rings (SSSR count). The molecule has 3 amide bonds. The van der Waals surface area contributed by atoms with E-state index in [9.17, 15) is 14.4 Å². The van der Waals surface area contributed by atoms with Crippen LogP contribution in [0.15, 0.2) is 0 Å². The molecule has 0 unspecified atom stereocenters. The van der Waals surface area contributed by atoms with Crippen LogP contribution in [0.25, 0.3) is 0 Å². The van der Waals surface area contributed by atoms with Crippen LogP contribution in [0, 0.1) is 0 Å². The average Bonchev–Trinajstić information content (AvgIpc) is 2.34. The van der Waals surface area contributed by atoms with Crippen LogP contribution in [0.2, 0.25) is 0 Å². The van der Waals surface area contributed by atoms with Gasteiger partial charge in [0.05, 0.1) is 6.54 Å². The van der Waals surface area contributed by atoms with Crippen molar-refractivity contribution in [2.24, 2.45) is 0 Å². The van der Waals surface area contributed by atoms with Crippen LogP contribution in [0.4, 0.5) is 4.79 Å². The molecule has 0 aromatic heterocycles. The summed E-state index contributed by atoms with van der Waals surface area (Å²) in [5.74, 6) is -1.68. The first-order valence-electron chi connectivity index (χ1n) is 6.03. The van der Waals surface area contributed by atoms with Gasteiger partial charge in [-0.05, 0) is 19.8 Å². The molecular formula is C11H19N3O5. The molecule has 108 valence electrons. The molecule has 0 spiro atoms. The lowest BCUT2D eigenvalue weighted by molar-refractivity contribution is -0.137. The first-order chi connectivity index (χ1) is 8.91. The van der Waals surface area contributed by atoms with E-state index in [0.29, 0.717) is 26.1 Å².